The van der Waals surface area contributed by atoms with E-state index in [0.717, 1.165) is 17.1 Å². The molecule has 0 saturated carbocycles. The molecule has 0 saturated heterocycles. The zero-order valence-electron chi connectivity index (χ0n) is 18.0. The van der Waals surface area contributed by atoms with Gasteiger partial charge in [0.1, 0.15) is 5.75 Å². The van der Waals surface area contributed by atoms with E-state index in [2.05, 4.69) is 10.6 Å². The van der Waals surface area contributed by atoms with E-state index in [4.69, 9.17) is 4.74 Å². The van der Waals surface area contributed by atoms with Crippen LogP contribution in [0.15, 0.2) is 78.9 Å². The second-order valence-corrected chi connectivity index (χ2v) is 7.37. The van der Waals surface area contributed by atoms with Crippen molar-refractivity contribution >= 4 is 28.9 Å². The molecule has 0 atom stereocenters. The molecule has 0 aliphatic rings. The highest BCUT2D eigenvalue weighted by atomic mass is 16.5. The van der Waals surface area contributed by atoms with Crippen molar-refractivity contribution in [2.45, 2.75) is 20.0 Å². The van der Waals surface area contributed by atoms with Crippen LogP contribution in [-0.4, -0.2) is 31.5 Å². The first-order chi connectivity index (χ1) is 14.9. The van der Waals surface area contributed by atoms with Crippen LogP contribution in [-0.2, 0) is 4.79 Å². The van der Waals surface area contributed by atoms with E-state index in [0.29, 0.717) is 11.3 Å². The Bertz CT molecular complexity index is 1000. The number of amides is 2. The molecule has 0 aliphatic heterocycles. The first kappa shape index (κ1) is 21.9. The van der Waals surface area contributed by atoms with E-state index < -0.39 is 0 Å². The highest BCUT2D eigenvalue weighted by Crippen LogP contribution is 2.18. The van der Waals surface area contributed by atoms with Gasteiger partial charge in [-0.3, -0.25) is 9.59 Å². The first-order valence-electron chi connectivity index (χ1n) is 10.2. The minimum absolute atomic E-state index is 0.115. The summed E-state index contributed by atoms with van der Waals surface area (Å²) in [7, 11) is 1.74. The number of para-hydroxylation sites is 1. The van der Waals surface area contributed by atoms with Crippen LogP contribution >= 0.6 is 0 Å². The zero-order valence-corrected chi connectivity index (χ0v) is 18.0. The molecule has 0 aromatic heterocycles. The van der Waals surface area contributed by atoms with Crippen LogP contribution in [0.5, 0.6) is 5.75 Å². The lowest BCUT2D eigenvalue weighted by atomic mass is 10.1. The predicted molar refractivity (Wildman–Crippen MR) is 125 cm³/mol. The molecular formula is C25H27N3O3. The molecule has 2 N–H and O–H groups in total. The smallest absolute Gasteiger partial charge is 0.258 e. The minimum Gasteiger partial charge on any atom is -0.491 e. The molecule has 3 aromatic carbocycles. The van der Waals surface area contributed by atoms with Crippen LogP contribution in [0.1, 0.15) is 24.2 Å². The quantitative estimate of drug-likeness (QED) is 0.552. The Morgan fingerprint density at radius 1 is 0.871 bits per heavy atom. The molecule has 0 fully saturated rings. The second kappa shape index (κ2) is 10.3. The van der Waals surface area contributed by atoms with Gasteiger partial charge in [-0.2, -0.15) is 0 Å². The molecule has 160 valence electrons. The van der Waals surface area contributed by atoms with Crippen molar-refractivity contribution < 1.29 is 14.3 Å². The maximum Gasteiger partial charge on any atom is 0.258 e. The average Bonchev–Trinajstić information content (AvgIpc) is 2.78. The lowest BCUT2D eigenvalue weighted by Gasteiger charge is -2.17. The average molecular weight is 418 g/mol. The maximum atomic E-state index is 12.6. The summed E-state index contributed by atoms with van der Waals surface area (Å²) in [5.74, 6) is 0.496. The van der Waals surface area contributed by atoms with Gasteiger partial charge in [0.05, 0.1) is 12.6 Å². The summed E-state index contributed by atoms with van der Waals surface area (Å²) in [6.45, 7) is 4.07. The molecule has 2 amide bonds. The van der Waals surface area contributed by atoms with Gasteiger partial charge >= 0.3 is 0 Å². The number of benzene rings is 3. The van der Waals surface area contributed by atoms with E-state index >= 15 is 0 Å². The molecule has 6 nitrogen and oxygen atoms in total. The van der Waals surface area contributed by atoms with Crippen molar-refractivity contribution in [2.75, 3.05) is 29.1 Å². The summed E-state index contributed by atoms with van der Waals surface area (Å²) in [5, 5.41) is 5.91. The highest BCUT2D eigenvalue weighted by molar-refractivity contribution is 6.06. The minimum atomic E-state index is -0.178. The largest absolute Gasteiger partial charge is 0.491 e. The Morgan fingerprint density at radius 3 is 2.10 bits per heavy atom. The second-order valence-electron chi connectivity index (χ2n) is 7.37. The molecule has 6 heteroatoms. The summed E-state index contributed by atoms with van der Waals surface area (Å²) < 4.78 is 5.61. The van der Waals surface area contributed by atoms with Crippen LogP contribution in [0.2, 0.25) is 0 Å². The van der Waals surface area contributed by atoms with Crippen molar-refractivity contribution in [3.8, 4) is 5.75 Å². The van der Waals surface area contributed by atoms with Crippen molar-refractivity contribution in [1.29, 1.82) is 0 Å². The molecular weight excluding hydrogens is 390 g/mol. The Morgan fingerprint density at radius 2 is 1.48 bits per heavy atom. The molecule has 3 aromatic rings. The van der Waals surface area contributed by atoms with E-state index in [1.807, 2.05) is 68.4 Å². The Balaban J connectivity index is 1.51. The summed E-state index contributed by atoms with van der Waals surface area (Å²) >= 11 is 0. The number of nitrogens with one attached hydrogen (secondary N) is 2. The third-order valence-corrected chi connectivity index (χ3v) is 4.54. The lowest BCUT2D eigenvalue weighted by molar-refractivity contribution is -0.114. The number of carbonyl (C=O) groups excluding carboxylic acids is 2. The van der Waals surface area contributed by atoms with Crippen LogP contribution in [0.25, 0.3) is 0 Å². The Kier molecular flexibility index (Phi) is 7.27. The zero-order chi connectivity index (χ0) is 22.2. The van der Waals surface area contributed by atoms with Crippen molar-refractivity contribution in [1.82, 2.24) is 0 Å². The molecule has 0 aliphatic carbocycles. The topological polar surface area (TPSA) is 70.7 Å². The fraction of sp³-hybridized carbons (Fsp3) is 0.200. The fourth-order valence-corrected chi connectivity index (χ4v) is 2.97. The van der Waals surface area contributed by atoms with E-state index in [9.17, 15) is 9.59 Å². The van der Waals surface area contributed by atoms with Crippen LogP contribution in [0.3, 0.4) is 0 Å². The molecule has 0 unspecified atom stereocenters. The number of carbonyl (C=O) groups is 2. The standard InChI is InChI=1S/C25H27N3O3/c1-18(2)31-23-15-13-20(14-16-23)26-17-24(29)27-21-11-9-19(10-12-21)25(30)28(3)22-7-5-4-6-8-22/h4-16,18,26H,17H2,1-3H3,(H,27,29). The normalized spacial score (nSPS) is 10.5. The van der Waals surface area contributed by atoms with Gasteiger partial charge in [0.2, 0.25) is 5.91 Å². The number of hydrogen-bond acceptors (Lipinski definition) is 4. The third kappa shape index (κ3) is 6.34. The van der Waals surface area contributed by atoms with Gasteiger partial charge in [0.15, 0.2) is 0 Å². The van der Waals surface area contributed by atoms with Gasteiger partial charge in [-0.25, -0.2) is 0 Å². The molecule has 0 radical (unpaired) electrons. The van der Waals surface area contributed by atoms with Gasteiger partial charge in [-0.05, 0) is 74.5 Å². The van der Waals surface area contributed by atoms with E-state index in [-0.39, 0.29) is 24.5 Å². The fourth-order valence-electron chi connectivity index (χ4n) is 2.97. The van der Waals surface area contributed by atoms with Gasteiger partial charge in [0.25, 0.3) is 5.91 Å². The summed E-state index contributed by atoms with van der Waals surface area (Å²) in [5.41, 5.74) is 2.83. The van der Waals surface area contributed by atoms with Crippen molar-refractivity contribution in [3.63, 3.8) is 0 Å². The predicted octanol–water partition coefficient (Wildman–Crippen LogP) is 4.80. The van der Waals surface area contributed by atoms with E-state index in [1.54, 1.807) is 36.2 Å². The van der Waals surface area contributed by atoms with Crippen LogP contribution in [0, 0.1) is 0 Å². The number of rotatable bonds is 8. The molecule has 0 heterocycles. The molecule has 0 bridgehead atoms. The SMILES string of the molecule is CC(C)Oc1ccc(NCC(=O)Nc2ccc(C(=O)N(C)c3ccccc3)cc2)cc1. The Labute approximate surface area is 182 Å². The van der Waals surface area contributed by atoms with Crippen molar-refractivity contribution in [2.24, 2.45) is 0 Å². The lowest BCUT2D eigenvalue weighted by Crippen LogP contribution is -2.26. The monoisotopic (exact) mass is 417 g/mol. The van der Waals surface area contributed by atoms with Gasteiger partial charge < -0.3 is 20.3 Å². The van der Waals surface area contributed by atoms with Crippen LogP contribution in [0.4, 0.5) is 17.1 Å². The highest BCUT2D eigenvalue weighted by Gasteiger charge is 2.13. The van der Waals surface area contributed by atoms with Gasteiger partial charge in [-0.15, -0.1) is 0 Å². The van der Waals surface area contributed by atoms with E-state index in [1.165, 1.54) is 0 Å². The first-order valence-corrected chi connectivity index (χ1v) is 10.2. The summed E-state index contributed by atoms with van der Waals surface area (Å²) in [6, 6.07) is 23.8. The number of hydrogen-bond donors (Lipinski definition) is 2. The molecule has 0 spiro atoms. The van der Waals surface area contributed by atoms with Crippen LogP contribution < -0.4 is 20.3 Å². The Hall–Kier alpha value is -3.80. The number of ether oxygens (including phenoxy) is 1. The maximum absolute atomic E-state index is 12.6. The molecule has 31 heavy (non-hydrogen) atoms. The molecule has 3 rings (SSSR count). The number of anilines is 3. The van der Waals surface area contributed by atoms with Gasteiger partial charge in [-0.1, -0.05) is 18.2 Å². The van der Waals surface area contributed by atoms with Gasteiger partial charge in [0, 0.05) is 29.7 Å². The summed E-state index contributed by atoms with van der Waals surface area (Å²) in [4.78, 5) is 26.5. The van der Waals surface area contributed by atoms with Crippen molar-refractivity contribution in [3.05, 3.63) is 84.4 Å². The summed E-state index contributed by atoms with van der Waals surface area (Å²) in [6.07, 6.45) is 0.116. The number of nitrogens with zero attached hydrogens (tertiary/aromatic N) is 1. The third-order valence-electron chi connectivity index (χ3n) is 4.54.